The van der Waals surface area contributed by atoms with Crippen molar-refractivity contribution in [2.24, 2.45) is 0 Å². The maximum Gasteiger partial charge on any atom is 0.254 e. The highest BCUT2D eigenvalue weighted by molar-refractivity contribution is 6.10. The molecule has 2 aromatic carbocycles. The van der Waals surface area contributed by atoms with E-state index in [0.717, 1.165) is 18.4 Å². The molecule has 2 aromatic rings. The molecule has 0 aromatic heterocycles. The Labute approximate surface area is 180 Å². The number of para-hydroxylation sites is 1. The van der Waals surface area contributed by atoms with Gasteiger partial charge >= 0.3 is 0 Å². The Kier molecular flexibility index (Phi) is 5.79. The fourth-order valence-corrected chi connectivity index (χ4v) is 4.23. The molecule has 2 atom stereocenters. The van der Waals surface area contributed by atoms with Crippen molar-refractivity contribution in [1.82, 2.24) is 10.2 Å². The highest BCUT2D eigenvalue weighted by atomic mass is 16.5. The smallest absolute Gasteiger partial charge is 0.254 e. The summed E-state index contributed by atoms with van der Waals surface area (Å²) in [5.74, 6) is 0.367. The molecule has 1 fully saturated rings. The normalized spacial score (nSPS) is 20.4. The van der Waals surface area contributed by atoms with Gasteiger partial charge in [0.15, 0.2) is 0 Å². The van der Waals surface area contributed by atoms with Crippen LogP contribution in [0.4, 0.5) is 5.69 Å². The molecule has 0 radical (unpaired) electrons. The third kappa shape index (κ3) is 4.05. The van der Waals surface area contributed by atoms with Gasteiger partial charge in [-0.25, -0.2) is 0 Å². The first-order valence-corrected chi connectivity index (χ1v) is 10.2. The third-order valence-corrected chi connectivity index (χ3v) is 5.80. The van der Waals surface area contributed by atoms with E-state index in [4.69, 9.17) is 9.47 Å². The maximum atomic E-state index is 13.2. The monoisotopic (exact) mass is 423 g/mol. The molecular formula is C23H25N3O5. The molecule has 2 aliphatic heterocycles. The summed E-state index contributed by atoms with van der Waals surface area (Å²) in [5, 5.41) is 5.44. The Morgan fingerprint density at radius 2 is 1.94 bits per heavy atom. The van der Waals surface area contributed by atoms with Gasteiger partial charge in [0.2, 0.25) is 11.8 Å². The minimum absolute atomic E-state index is 0.111. The molecule has 2 heterocycles. The van der Waals surface area contributed by atoms with Gasteiger partial charge in [0.1, 0.15) is 17.5 Å². The molecule has 0 aliphatic carbocycles. The van der Waals surface area contributed by atoms with Crippen molar-refractivity contribution in [1.29, 1.82) is 0 Å². The molecular weight excluding hydrogens is 398 g/mol. The van der Waals surface area contributed by atoms with Crippen molar-refractivity contribution in [2.45, 2.75) is 31.3 Å². The third-order valence-electron chi connectivity index (χ3n) is 5.80. The van der Waals surface area contributed by atoms with Crippen molar-refractivity contribution >= 4 is 23.4 Å². The van der Waals surface area contributed by atoms with Crippen LogP contribution in [0.1, 0.15) is 41.2 Å². The highest BCUT2D eigenvalue weighted by Crippen LogP contribution is 2.39. The second-order valence-corrected chi connectivity index (χ2v) is 7.62. The van der Waals surface area contributed by atoms with Crippen LogP contribution in [0.5, 0.6) is 11.5 Å². The molecule has 1 saturated heterocycles. The molecule has 3 amide bonds. The SMILES string of the molecule is COc1ccc([C@@H]2CCCN2C(=O)C[C@H]2NC(=O)c3ccccc3NC2=O)c(OC)c1. The number of carbonyl (C=O) groups is 3. The van der Waals surface area contributed by atoms with Crippen molar-refractivity contribution in [3.63, 3.8) is 0 Å². The van der Waals surface area contributed by atoms with E-state index in [9.17, 15) is 14.4 Å². The van der Waals surface area contributed by atoms with Crippen molar-refractivity contribution in [3.05, 3.63) is 53.6 Å². The van der Waals surface area contributed by atoms with Gasteiger partial charge in [0.05, 0.1) is 37.9 Å². The van der Waals surface area contributed by atoms with E-state index in [1.54, 1.807) is 49.5 Å². The lowest BCUT2D eigenvalue weighted by molar-refractivity contribution is -0.134. The summed E-state index contributed by atoms with van der Waals surface area (Å²) in [6.07, 6.45) is 1.53. The van der Waals surface area contributed by atoms with Gasteiger partial charge in [-0.2, -0.15) is 0 Å². The first-order valence-electron chi connectivity index (χ1n) is 10.2. The van der Waals surface area contributed by atoms with Crippen molar-refractivity contribution in [2.75, 3.05) is 26.1 Å². The van der Waals surface area contributed by atoms with Crippen LogP contribution in [0.25, 0.3) is 0 Å². The second kappa shape index (κ2) is 8.67. The summed E-state index contributed by atoms with van der Waals surface area (Å²) in [6, 6.07) is 11.2. The predicted molar refractivity (Wildman–Crippen MR) is 114 cm³/mol. The zero-order valence-electron chi connectivity index (χ0n) is 17.5. The molecule has 2 N–H and O–H groups in total. The Hall–Kier alpha value is -3.55. The van der Waals surface area contributed by atoms with Gasteiger partial charge in [-0.1, -0.05) is 12.1 Å². The van der Waals surface area contributed by atoms with Gasteiger partial charge in [-0.3, -0.25) is 14.4 Å². The highest BCUT2D eigenvalue weighted by Gasteiger charge is 2.36. The molecule has 4 rings (SSSR count). The average Bonchev–Trinajstić information content (AvgIpc) is 3.24. The van der Waals surface area contributed by atoms with Crippen molar-refractivity contribution in [3.8, 4) is 11.5 Å². The number of nitrogens with zero attached hydrogens (tertiary/aromatic N) is 1. The number of carbonyl (C=O) groups excluding carboxylic acids is 3. The second-order valence-electron chi connectivity index (χ2n) is 7.62. The van der Waals surface area contributed by atoms with Gasteiger partial charge < -0.3 is 25.0 Å². The minimum Gasteiger partial charge on any atom is -0.497 e. The standard InChI is InChI=1S/C23H25N3O5/c1-30-14-9-10-16(20(12-14)31-2)19-8-5-11-26(19)21(27)13-18-23(29)24-17-7-4-3-6-15(17)22(28)25-18/h3-4,6-7,9-10,12,18-19H,5,8,11,13H2,1-2H3,(H,24,29)(H,25,28)/t18-,19+/m1/s1. The van der Waals surface area contributed by atoms with Crippen molar-refractivity contribution < 1.29 is 23.9 Å². The number of hydrogen-bond acceptors (Lipinski definition) is 5. The van der Waals surface area contributed by atoms with E-state index in [1.165, 1.54) is 0 Å². The summed E-state index contributed by atoms with van der Waals surface area (Å²) in [6.45, 7) is 0.585. The minimum atomic E-state index is -0.939. The first kappa shape index (κ1) is 20.7. The fourth-order valence-electron chi connectivity index (χ4n) is 4.23. The number of amides is 3. The van der Waals surface area contributed by atoms with Crippen LogP contribution in [0.15, 0.2) is 42.5 Å². The zero-order chi connectivity index (χ0) is 22.0. The van der Waals surface area contributed by atoms with E-state index in [-0.39, 0.29) is 24.3 Å². The molecule has 8 heteroatoms. The summed E-state index contributed by atoms with van der Waals surface area (Å²) in [7, 11) is 3.17. The maximum absolute atomic E-state index is 13.2. The number of likely N-dealkylation sites (tertiary alicyclic amines) is 1. The fraction of sp³-hybridized carbons (Fsp3) is 0.348. The lowest BCUT2D eigenvalue weighted by Crippen LogP contribution is -2.45. The lowest BCUT2D eigenvalue weighted by Gasteiger charge is -2.28. The largest absolute Gasteiger partial charge is 0.497 e. The van der Waals surface area contributed by atoms with Gasteiger partial charge in [-0.05, 0) is 37.1 Å². The number of methoxy groups -OCH3 is 2. The number of ether oxygens (including phenoxy) is 2. The van der Waals surface area contributed by atoms with E-state index < -0.39 is 11.9 Å². The van der Waals surface area contributed by atoms with Crippen LogP contribution >= 0.6 is 0 Å². The van der Waals surface area contributed by atoms with Crippen LogP contribution in [0, 0.1) is 0 Å². The average molecular weight is 423 g/mol. The van der Waals surface area contributed by atoms with Crippen LogP contribution in [0.3, 0.4) is 0 Å². The Morgan fingerprint density at radius 1 is 1.13 bits per heavy atom. The topological polar surface area (TPSA) is 97.0 Å². The molecule has 31 heavy (non-hydrogen) atoms. The van der Waals surface area contributed by atoms with E-state index in [1.807, 2.05) is 12.1 Å². The lowest BCUT2D eigenvalue weighted by atomic mass is 10.0. The zero-order valence-corrected chi connectivity index (χ0v) is 17.5. The number of fused-ring (bicyclic) bond motifs is 1. The Bertz CT molecular complexity index is 1020. The van der Waals surface area contributed by atoms with Gasteiger partial charge in [0, 0.05) is 18.2 Å². The Balaban J connectivity index is 1.52. The number of anilines is 1. The molecule has 0 saturated carbocycles. The summed E-state index contributed by atoms with van der Waals surface area (Å²) in [4.78, 5) is 40.2. The summed E-state index contributed by atoms with van der Waals surface area (Å²) < 4.78 is 10.8. The summed E-state index contributed by atoms with van der Waals surface area (Å²) >= 11 is 0. The molecule has 8 nitrogen and oxygen atoms in total. The van der Waals surface area contributed by atoms with E-state index in [0.29, 0.717) is 29.3 Å². The number of rotatable bonds is 5. The van der Waals surface area contributed by atoms with Crippen LogP contribution < -0.4 is 20.1 Å². The van der Waals surface area contributed by atoms with Crippen LogP contribution in [-0.2, 0) is 9.59 Å². The quantitative estimate of drug-likeness (QED) is 0.770. The number of hydrogen-bond donors (Lipinski definition) is 2. The predicted octanol–water partition coefficient (Wildman–Crippen LogP) is 2.51. The molecule has 2 aliphatic rings. The van der Waals surface area contributed by atoms with Crippen LogP contribution in [-0.4, -0.2) is 49.4 Å². The van der Waals surface area contributed by atoms with E-state index in [2.05, 4.69) is 10.6 Å². The first-order chi connectivity index (χ1) is 15.0. The number of benzene rings is 2. The summed E-state index contributed by atoms with van der Waals surface area (Å²) in [5.41, 5.74) is 1.73. The molecule has 0 spiro atoms. The molecule has 162 valence electrons. The molecule has 0 unspecified atom stereocenters. The van der Waals surface area contributed by atoms with Crippen LogP contribution in [0.2, 0.25) is 0 Å². The van der Waals surface area contributed by atoms with Gasteiger partial charge in [-0.15, -0.1) is 0 Å². The number of nitrogens with one attached hydrogen (secondary N) is 2. The molecule has 0 bridgehead atoms. The van der Waals surface area contributed by atoms with Gasteiger partial charge in [0.25, 0.3) is 5.91 Å². The van der Waals surface area contributed by atoms with E-state index >= 15 is 0 Å². The Morgan fingerprint density at radius 3 is 2.71 bits per heavy atom.